The average molecular weight is 482 g/mol. The van der Waals surface area contributed by atoms with Gasteiger partial charge in [0.2, 0.25) is 11.8 Å². The Labute approximate surface area is 209 Å². The molecule has 1 aliphatic carbocycles. The van der Waals surface area contributed by atoms with Gasteiger partial charge in [-0.15, -0.1) is 0 Å². The van der Waals surface area contributed by atoms with E-state index in [1.54, 1.807) is 24.3 Å². The molecule has 3 aromatic carbocycles. The molecule has 1 aliphatic heterocycles. The standard InChI is InChI=1S/C29H27N3O4/c1-18(20-13-15-22(16-14-20)31-26(33)21-11-12-21)30-27(34)25(17-19-7-3-2-4-8-19)32-28(35)23-9-5-6-10-24(23)29(32)36/h2-10,13-16,18,21,25H,11-12,17H2,1H3,(H,30,34)(H,31,33). The minimum atomic E-state index is -1.00. The minimum Gasteiger partial charge on any atom is -0.348 e. The number of amides is 4. The molecular formula is C29H27N3O4. The number of nitrogens with zero attached hydrogens (tertiary/aromatic N) is 1. The van der Waals surface area contributed by atoms with Crippen LogP contribution in [0.25, 0.3) is 0 Å². The summed E-state index contributed by atoms with van der Waals surface area (Å²) in [6.07, 6.45) is 2.07. The lowest BCUT2D eigenvalue weighted by Gasteiger charge is -2.27. The highest BCUT2D eigenvalue weighted by molar-refractivity contribution is 6.22. The van der Waals surface area contributed by atoms with E-state index in [0.717, 1.165) is 28.9 Å². The van der Waals surface area contributed by atoms with E-state index in [-0.39, 0.29) is 24.3 Å². The maximum absolute atomic E-state index is 13.5. The first-order chi connectivity index (χ1) is 17.4. The van der Waals surface area contributed by atoms with E-state index in [1.165, 1.54) is 0 Å². The molecule has 5 rings (SSSR count). The van der Waals surface area contributed by atoms with Crippen molar-refractivity contribution < 1.29 is 19.2 Å². The molecule has 7 heteroatoms. The molecule has 0 aromatic heterocycles. The van der Waals surface area contributed by atoms with Crippen LogP contribution in [0.4, 0.5) is 5.69 Å². The summed E-state index contributed by atoms with van der Waals surface area (Å²) in [6.45, 7) is 1.84. The van der Waals surface area contributed by atoms with Gasteiger partial charge in [-0.2, -0.15) is 0 Å². The van der Waals surface area contributed by atoms with E-state index in [0.29, 0.717) is 16.8 Å². The molecule has 1 heterocycles. The first-order valence-electron chi connectivity index (χ1n) is 12.1. The van der Waals surface area contributed by atoms with E-state index in [2.05, 4.69) is 10.6 Å². The summed E-state index contributed by atoms with van der Waals surface area (Å²) in [4.78, 5) is 53.0. The summed E-state index contributed by atoms with van der Waals surface area (Å²) in [7, 11) is 0. The maximum Gasteiger partial charge on any atom is 0.262 e. The monoisotopic (exact) mass is 481 g/mol. The molecule has 0 radical (unpaired) electrons. The van der Waals surface area contributed by atoms with Crippen LogP contribution < -0.4 is 10.6 Å². The fourth-order valence-electron chi connectivity index (χ4n) is 4.47. The summed E-state index contributed by atoms with van der Waals surface area (Å²) in [5, 5.41) is 5.88. The number of anilines is 1. The summed E-state index contributed by atoms with van der Waals surface area (Å²) < 4.78 is 0. The van der Waals surface area contributed by atoms with Crippen molar-refractivity contribution in [1.82, 2.24) is 10.2 Å². The Morgan fingerprint density at radius 1 is 0.861 bits per heavy atom. The molecule has 0 bridgehead atoms. The first-order valence-corrected chi connectivity index (χ1v) is 12.1. The molecule has 0 saturated heterocycles. The molecule has 1 fully saturated rings. The van der Waals surface area contributed by atoms with Gasteiger partial charge in [0.15, 0.2) is 0 Å². The van der Waals surface area contributed by atoms with E-state index < -0.39 is 23.8 Å². The highest BCUT2D eigenvalue weighted by atomic mass is 16.2. The van der Waals surface area contributed by atoms with E-state index >= 15 is 0 Å². The van der Waals surface area contributed by atoms with Gasteiger partial charge >= 0.3 is 0 Å². The lowest BCUT2D eigenvalue weighted by Crippen LogP contribution is -2.51. The highest BCUT2D eigenvalue weighted by Crippen LogP contribution is 2.30. The number of imide groups is 1. The second-order valence-corrected chi connectivity index (χ2v) is 9.35. The van der Waals surface area contributed by atoms with Crippen molar-refractivity contribution in [2.24, 2.45) is 5.92 Å². The second-order valence-electron chi connectivity index (χ2n) is 9.35. The van der Waals surface area contributed by atoms with Crippen molar-refractivity contribution in [3.8, 4) is 0 Å². The lowest BCUT2D eigenvalue weighted by atomic mass is 10.0. The van der Waals surface area contributed by atoms with Gasteiger partial charge in [0.25, 0.3) is 11.8 Å². The number of carbonyl (C=O) groups excluding carboxylic acids is 4. The van der Waals surface area contributed by atoms with Crippen molar-refractivity contribution in [1.29, 1.82) is 0 Å². The number of benzene rings is 3. The highest BCUT2D eigenvalue weighted by Gasteiger charge is 2.42. The quantitative estimate of drug-likeness (QED) is 0.473. The third-order valence-corrected chi connectivity index (χ3v) is 6.70. The van der Waals surface area contributed by atoms with Crippen LogP contribution in [0.15, 0.2) is 78.9 Å². The Balaban J connectivity index is 1.34. The van der Waals surface area contributed by atoms with Crippen molar-refractivity contribution >= 4 is 29.3 Å². The number of fused-ring (bicyclic) bond motifs is 1. The third-order valence-electron chi connectivity index (χ3n) is 6.70. The van der Waals surface area contributed by atoms with Gasteiger partial charge in [-0.3, -0.25) is 24.1 Å². The van der Waals surface area contributed by atoms with E-state index in [1.807, 2.05) is 61.5 Å². The molecule has 3 aromatic rings. The third kappa shape index (κ3) is 4.77. The molecular weight excluding hydrogens is 454 g/mol. The number of rotatable bonds is 8. The Hall–Kier alpha value is -4.26. The van der Waals surface area contributed by atoms with Crippen molar-refractivity contribution in [3.05, 3.63) is 101 Å². The molecule has 2 unspecified atom stereocenters. The fraction of sp³-hybridized carbons (Fsp3) is 0.241. The van der Waals surface area contributed by atoms with Gasteiger partial charge in [-0.1, -0.05) is 54.6 Å². The van der Waals surface area contributed by atoms with Crippen LogP contribution in [0.3, 0.4) is 0 Å². The zero-order chi connectivity index (χ0) is 25.2. The summed E-state index contributed by atoms with van der Waals surface area (Å²) >= 11 is 0. The molecule has 182 valence electrons. The molecule has 4 amide bonds. The Morgan fingerprint density at radius 2 is 1.44 bits per heavy atom. The zero-order valence-corrected chi connectivity index (χ0v) is 19.9. The first kappa shape index (κ1) is 23.5. The number of hydrogen-bond acceptors (Lipinski definition) is 4. The van der Waals surface area contributed by atoms with Gasteiger partial charge in [-0.25, -0.2) is 0 Å². The Morgan fingerprint density at radius 3 is 2.03 bits per heavy atom. The van der Waals surface area contributed by atoms with Gasteiger partial charge in [0.1, 0.15) is 6.04 Å². The van der Waals surface area contributed by atoms with Crippen molar-refractivity contribution in [2.45, 2.75) is 38.3 Å². The van der Waals surface area contributed by atoms with Crippen molar-refractivity contribution in [2.75, 3.05) is 5.32 Å². The fourth-order valence-corrected chi connectivity index (χ4v) is 4.47. The van der Waals surface area contributed by atoms with Gasteiger partial charge < -0.3 is 10.6 Å². The number of nitrogens with one attached hydrogen (secondary N) is 2. The molecule has 0 spiro atoms. The van der Waals surface area contributed by atoms with Crippen molar-refractivity contribution in [3.63, 3.8) is 0 Å². The van der Waals surface area contributed by atoms with Crippen LogP contribution in [-0.4, -0.2) is 34.6 Å². The summed E-state index contributed by atoms with van der Waals surface area (Å²) in [6, 6.07) is 21.9. The van der Waals surface area contributed by atoms with Crippen LogP contribution >= 0.6 is 0 Å². The van der Waals surface area contributed by atoms with Crippen LogP contribution in [0.1, 0.15) is 57.7 Å². The van der Waals surface area contributed by atoms with E-state index in [4.69, 9.17) is 0 Å². The van der Waals surface area contributed by atoms with Crippen LogP contribution in [0.5, 0.6) is 0 Å². The molecule has 2 atom stereocenters. The maximum atomic E-state index is 13.5. The predicted molar refractivity (Wildman–Crippen MR) is 135 cm³/mol. The lowest BCUT2D eigenvalue weighted by molar-refractivity contribution is -0.125. The van der Waals surface area contributed by atoms with E-state index in [9.17, 15) is 19.2 Å². The largest absolute Gasteiger partial charge is 0.348 e. The predicted octanol–water partition coefficient (Wildman–Crippen LogP) is 4.12. The molecule has 1 saturated carbocycles. The molecule has 2 N–H and O–H groups in total. The zero-order valence-electron chi connectivity index (χ0n) is 19.9. The molecule has 2 aliphatic rings. The molecule has 36 heavy (non-hydrogen) atoms. The van der Waals surface area contributed by atoms with Crippen LogP contribution in [0, 0.1) is 5.92 Å². The number of hydrogen-bond donors (Lipinski definition) is 2. The van der Waals surface area contributed by atoms with Gasteiger partial charge in [0.05, 0.1) is 17.2 Å². The SMILES string of the molecule is CC(NC(=O)C(Cc1ccccc1)N1C(=O)c2ccccc2C1=O)c1ccc(NC(=O)C2CC2)cc1. The van der Waals surface area contributed by atoms with Gasteiger partial charge in [0, 0.05) is 18.0 Å². The Bertz CT molecular complexity index is 1280. The topological polar surface area (TPSA) is 95.6 Å². The van der Waals surface area contributed by atoms with Gasteiger partial charge in [-0.05, 0) is 55.2 Å². The Kier molecular flexibility index (Phi) is 6.38. The van der Waals surface area contributed by atoms with Crippen LogP contribution in [-0.2, 0) is 16.0 Å². The second kappa shape index (κ2) is 9.77. The number of carbonyl (C=O) groups is 4. The normalized spacial score (nSPS) is 16.3. The van der Waals surface area contributed by atoms with Crippen LogP contribution in [0.2, 0.25) is 0 Å². The summed E-state index contributed by atoms with van der Waals surface area (Å²) in [5.74, 6) is -1.18. The summed E-state index contributed by atoms with van der Waals surface area (Å²) in [5.41, 5.74) is 3.02. The smallest absolute Gasteiger partial charge is 0.262 e. The molecule has 7 nitrogen and oxygen atoms in total. The minimum absolute atomic E-state index is 0.0359. The average Bonchev–Trinajstić information content (AvgIpc) is 3.71.